The van der Waals surface area contributed by atoms with Crippen LogP contribution in [0.4, 0.5) is 15.9 Å². The Morgan fingerprint density at radius 2 is 2.12 bits per heavy atom. The minimum Gasteiger partial charge on any atom is -0.337 e. The highest BCUT2D eigenvalue weighted by atomic mass is 35.5. The standard InChI is InChI=1S/C12H11ClFN3/c1-2-8-5-3-4-6-10(8)16-11-9(14)7-15-12(13)17-11/h3-7H,2H2,1H3,(H,15,16,17). The number of rotatable bonds is 3. The highest BCUT2D eigenvalue weighted by Crippen LogP contribution is 2.22. The number of halogens is 2. The molecule has 3 nitrogen and oxygen atoms in total. The van der Waals surface area contributed by atoms with Crippen LogP contribution in [0.1, 0.15) is 12.5 Å². The molecule has 1 aromatic carbocycles. The van der Waals surface area contributed by atoms with E-state index in [2.05, 4.69) is 15.3 Å². The molecule has 0 radical (unpaired) electrons. The summed E-state index contributed by atoms with van der Waals surface area (Å²) in [6.45, 7) is 2.03. The van der Waals surface area contributed by atoms with Gasteiger partial charge in [0, 0.05) is 5.69 Å². The molecule has 2 rings (SSSR count). The monoisotopic (exact) mass is 251 g/mol. The molecule has 1 N–H and O–H groups in total. The topological polar surface area (TPSA) is 37.8 Å². The molecule has 1 heterocycles. The Morgan fingerprint density at radius 1 is 1.35 bits per heavy atom. The highest BCUT2D eigenvalue weighted by Gasteiger charge is 2.07. The molecule has 0 bridgehead atoms. The van der Waals surface area contributed by atoms with Gasteiger partial charge in [-0.15, -0.1) is 0 Å². The first-order valence-corrected chi connectivity index (χ1v) is 5.61. The lowest BCUT2D eigenvalue weighted by Crippen LogP contribution is -2.01. The lowest BCUT2D eigenvalue weighted by atomic mass is 10.1. The van der Waals surface area contributed by atoms with Crippen molar-refractivity contribution in [3.63, 3.8) is 0 Å². The molecule has 0 spiro atoms. The Hall–Kier alpha value is -1.68. The van der Waals surface area contributed by atoms with E-state index in [1.807, 2.05) is 31.2 Å². The molecule has 0 amide bonds. The third kappa shape index (κ3) is 2.71. The fourth-order valence-electron chi connectivity index (χ4n) is 1.51. The van der Waals surface area contributed by atoms with Crippen molar-refractivity contribution in [2.24, 2.45) is 0 Å². The van der Waals surface area contributed by atoms with Crippen molar-refractivity contribution >= 4 is 23.1 Å². The second-order valence-electron chi connectivity index (χ2n) is 3.47. The average Bonchev–Trinajstić information content (AvgIpc) is 2.34. The van der Waals surface area contributed by atoms with Gasteiger partial charge in [-0.05, 0) is 29.7 Å². The van der Waals surface area contributed by atoms with Gasteiger partial charge in [0.25, 0.3) is 0 Å². The molecule has 88 valence electrons. The number of para-hydroxylation sites is 1. The second kappa shape index (κ2) is 5.10. The maximum atomic E-state index is 13.4. The summed E-state index contributed by atoms with van der Waals surface area (Å²) in [7, 11) is 0. The van der Waals surface area contributed by atoms with Crippen LogP contribution in [0, 0.1) is 5.82 Å². The van der Waals surface area contributed by atoms with Crippen molar-refractivity contribution in [3.05, 3.63) is 47.1 Å². The summed E-state index contributed by atoms with van der Waals surface area (Å²) in [5, 5.41) is 2.94. The number of aromatic nitrogens is 2. The van der Waals surface area contributed by atoms with E-state index in [4.69, 9.17) is 11.6 Å². The molecule has 5 heteroatoms. The summed E-state index contributed by atoms with van der Waals surface area (Å²) in [6.07, 6.45) is 1.90. The van der Waals surface area contributed by atoms with Crippen LogP contribution in [-0.2, 0) is 6.42 Å². The minimum atomic E-state index is -0.527. The van der Waals surface area contributed by atoms with Gasteiger partial charge < -0.3 is 5.32 Å². The lowest BCUT2D eigenvalue weighted by Gasteiger charge is -2.10. The van der Waals surface area contributed by atoms with Crippen molar-refractivity contribution in [3.8, 4) is 0 Å². The lowest BCUT2D eigenvalue weighted by molar-refractivity contribution is 0.619. The first kappa shape index (κ1) is 11.8. The van der Waals surface area contributed by atoms with Crippen LogP contribution in [0.3, 0.4) is 0 Å². The number of benzene rings is 1. The van der Waals surface area contributed by atoms with E-state index in [1.54, 1.807) is 0 Å². The van der Waals surface area contributed by atoms with Crippen molar-refractivity contribution in [2.75, 3.05) is 5.32 Å². The molecule has 0 aliphatic rings. The van der Waals surface area contributed by atoms with E-state index in [1.165, 1.54) is 0 Å². The first-order chi connectivity index (χ1) is 8.20. The normalized spacial score (nSPS) is 10.3. The van der Waals surface area contributed by atoms with Gasteiger partial charge in [0.2, 0.25) is 5.28 Å². The van der Waals surface area contributed by atoms with Gasteiger partial charge in [-0.25, -0.2) is 9.37 Å². The van der Waals surface area contributed by atoms with Crippen LogP contribution < -0.4 is 5.32 Å². The molecule has 17 heavy (non-hydrogen) atoms. The molecule has 0 saturated carbocycles. The third-order valence-corrected chi connectivity index (χ3v) is 2.55. The number of aryl methyl sites for hydroxylation is 1. The minimum absolute atomic E-state index is 0.0166. The zero-order chi connectivity index (χ0) is 12.3. The molecule has 0 fully saturated rings. The largest absolute Gasteiger partial charge is 0.337 e. The Kier molecular flexibility index (Phi) is 3.54. The van der Waals surface area contributed by atoms with Gasteiger partial charge in [0.1, 0.15) is 0 Å². The van der Waals surface area contributed by atoms with Gasteiger partial charge in [0.15, 0.2) is 11.6 Å². The molecule has 0 unspecified atom stereocenters. The summed E-state index contributed by atoms with van der Waals surface area (Å²) in [5.74, 6) is -0.439. The number of nitrogens with one attached hydrogen (secondary N) is 1. The van der Waals surface area contributed by atoms with Crippen LogP contribution in [0.15, 0.2) is 30.5 Å². The predicted octanol–water partition coefficient (Wildman–Crippen LogP) is 3.58. The van der Waals surface area contributed by atoms with Gasteiger partial charge >= 0.3 is 0 Å². The van der Waals surface area contributed by atoms with Crippen LogP contribution in [0.2, 0.25) is 5.28 Å². The van der Waals surface area contributed by atoms with E-state index >= 15 is 0 Å². The molecule has 0 aliphatic heterocycles. The average molecular weight is 252 g/mol. The Bertz CT molecular complexity index is 531. The molecule has 0 saturated heterocycles. The molecule has 0 aliphatic carbocycles. The predicted molar refractivity (Wildman–Crippen MR) is 66.1 cm³/mol. The molecule has 2 aromatic rings. The van der Waals surface area contributed by atoms with E-state index in [0.717, 1.165) is 23.9 Å². The summed E-state index contributed by atoms with van der Waals surface area (Å²) in [4.78, 5) is 7.37. The molecular weight excluding hydrogens is 241 g/mol. The van der Waals surface area contributed by atoms with Crippen LogP contribution in [0.25, 0.3) is 0 Å². The van der Waals surface area contributed by atoms with Gasteiger partial charge in [-0.2, -0.15) is 4.98 Å². The maximum absolute atomic E-state index is 13.4. The van der Waals surface area contributed by atoms with Gasteiger partial charge in [0.05, 0.1) is 6.20 Å². The Labute approximate surface area is 104 Å². The Morgan fingerprint density at radius 3 is 2.88 bits per heavy atom. The number of anilines is 2. The summed E-state index contributed by atoms with van der Waals surface area (Å²) >= 11 is 5.63. The third-order valence-electron chi connectivity index (χ3n) is 2.37. The number of hydrogen-bond acceptors (Lipinski definition) is 3. The zero-order valence-corrected chi connectivity index (χ0v) is 10.0. The zero-order valence-electron chi connectivity index (χ0n) is 9.24. The van der Waals surface area contributed by atoms with Crippen molar-refractivity contribution in [1.29, 1.82) is 0 Å². The maximum Gasteiger partial charge on any atom is 0.224 e. The molecule has 1 aromatic heterocycles. The van der Waals surface area contributed by atoms with E-state index < -0.39 is 5.82 Å². The van der Waals surface area contributed by atoms with E-state index in [9.17, 15) is 4.39 Å². The summed E-state index contributed by atoms with van der Waals surface area (Å²) in [5.41, 5.74) is 1.91. The van der Waals surface area contributed by atoms with Crippen LogP contribution in [-0.4, -0.2) is 9.97 Å². The van der Waals surface area contributed by atoms with Crippen molar-refractivity contribution < 1.29 is 4.39 Å². The fourth-order valence-corrected chi connectivity index (χ4v) is 1.64. The molecule has 0 atom stereocenters. The number of nitrogens with zero attached hydrogens (tertiary/aromatic N) is 2. The SMILES string of the molecule is CCc1ccccc1Nc1nc(Cl)ncc1F. The van der Waals surface area contributed by atoms with Gasteiger partial charge in [-0.3, -0.25) is 0 Å². The summed E-state index contributed by atoms with van der Waals surface area (Å²) < 4.78 is 13.4. The van der Waals surface area contributed by atoms with Crippen molar-refractivity contribution in [1.82, 2.24) is 9.97 Å². The van der Waals surface area contributed by atoms with Crippen molar-refractivity contribution in [2.45, 2.75) is 13.3 Å². The Balaban J connectivity index is 2.34. The van der Waals surface area contributed by atoms with Gasteiger partial charge in [-0.1, -0.05) is 25.1 Å². The fraction of sp³-hybridized carbons (Fsp3) is 0.167. The number of hydrogen-bond donors (Lipinski definition) is 1. The molecular formula is C12H11ClFN3. The first-order valence-electron chi connectivity index (χ1n) is 5.23. The smallest absolute Gasteiger partial charge is 0.224 e. The quantitative estimate of drug-likeness (QED) is 0.848. The van der Waals surface area contributed by atoms with E-state index in [-0.39, 0.29) is 11.1 Å². The van der Waals surface area contributed by atoms with E-state index in [0.29, 0.717) is 0 Å². The summed E-state index contributed by atoms with van der Waals surface area (Å²) in [6, 6.07) is 7.66. The second-order valence-corrected chi connectivity index (χ2v) is 3.81. The highest BCUT2D eigenvalue weighted by molar-refractivity contribution is 6.28. The van der Waals surface area contributed by atoms with Crippen LogP contribution in [0.5, 0.6) is 0 Å². The van der Waals surface area contributed by atoms with Crippen LogP contribution >= 0.6 is 11.6 Å².